The lowest BCUT2D eigenvalue weighted by Gasteiger charge is -2.23. The summed E-state index contributed by atoms with van der Waals surface area (Å²) in [5.41, 5.74) is 6.85. The van der Waals surface area contributed by atoms with E-state index in [1.807, 2.05) is 26.0 Å². The highest BCUT2D eigenvalue weighted by Crippen LogP contribution is 2.24. The van der Waals surface area contributed by atoms with E-state index >= 15 is 0 Å². The van der Waals surface area contributed by atoms with Gasteiger partial charge >= 0.3 is 0 Å². The largest absolute Gasteiger partial charge is 0.493 e. The normalized spacial score (nSPS) is 11.0. The Balaban J connectivity index is 2.72. The van der Waals surface area contributed by atoms with Crippen molar-refractivity contribution in [3.8, 4) is 5.75 Å². The van der Waals surface area contributed by atoms with E-state index < -0.39 is 5.41 Å². The molecule has 20 heavy (non-hydrogen) atoms. The summed E-state index contributed by atoms with van der Waals surface area (Å²) >= 11 is 0. The lowest BCUT2D eigenvalue weighted by Crippen LogP contribution is -2.39. The van der Waals surface area contributed by atoms with E-state index in [2.05, 4.69) is 17.6 Å². The number of carbonyl (C=O) groups is 1. The van der Waals surface area contributed by atoms with Crippen molar-refractivity contribution >= 4 is 17.3 Å². The second kappa shape index (κ2) is 7.03. The number of amides is 1. The van der Waals surface area contributed by atoms with E-state index in [0.717, 1.165) is 17.9 Å². The van der Waals surface area contributed by atoms with Crippen molar-refractivity contribution in [3.63, 3.8) is 0 Å². The lowest BCUT2D eigenvalue weighted by molar-refractivity contribution is -0.128. The van der Waals surface area contributed by atoms with Crippen LogP contribution in [-0.2, 0) is 4.79 Å². The number of hydrogen-bond acceptors (Lipinski definition) is 4. The summed E-state index contributed by atoms with van der Waals surface area (Å²) in [7, 11) is 1.64. The fraction of sp³-hybridized carbons (Fsp3) is 0.533. The minimum absolute atomic E-state index is 0.00337. The fourth-order valence-corrected chi connectivity index (χ4v) is 1.77. The zero-order valence-corrected chi connectivity index (χ0v) is 12.7. The molecule has 0 saturated heterocycles. The Bertz CT molecular complexity index is 458. The molecule has 112 valence electrons. The Morgan fingerprint density at radius 3 is 2.65 bits per heavy atom. The molecule has 0 bridgehead atoms. The highest BCUT2D eigenvalue weighted by molar-refractivity contribution is 5.82. The molecule has 0 fully saturated rings. The molecule has 0 spiro atoms. The number of anilines is 2. The number of rotatable bonds is 7. The van der Waals surface area contributed by atoms with Gasteiger partial charge in [0.1, 0.15) is 5.75 Å². The van der Waals surface area contributed by atoms with E-state index in [1.54, 1.807) is 13.1 Å². The molecular formula is C15H25N3O2. The second-order valence-corrected chi connectivity index (χ2v) is 5.46. The molecule has 0 aliphatic rings. The van der Waals surface area contributed by atoms with Crippen LogP contribution in [0.15, 0.2) is 18.2 Å². The maximum Gasteiger partial charge on any atom is 0.227 e. The van der Waals surface area contributed by atoms with Crippen LogP contribution in [-0.4, -0.2) is 26.1 Å². The number of nitrogens with one attached hydrogen (secondary N) is 2. The van der Waals surface area contributed by atoms with Gasteiger partial charge in [0.25, 0.3) is 0 Å². The van der Waals surface area contributed by atoms with Crippen LogP contribution in [0.25, 0.3) is 0 Å². The fourth-order valence-electron chi connectivity index (χ4n) is 1.77. The van der Waals surface area contributed by atoms with Crippen LogP contribution in [0.4, 0.5) is 11.4 Å². The summed E-state index contributed by atoms with van der Waals surface area (Å²) in [6.07, 6.45) is 0.946. The number of carbonyl (C=O) groups excluding carboxylic acids is 1. The molecule has 1 aromatic carbocycles. The third-order valence-electron chi connectivity index (χ3n) is 2.98. The Hall–Kier alpha value is -1.91. The predicted octanol–water partition coefficient (Wildman–Crippen LogP) is 2.24. The van der Waals surface area contributed by atoms with Gasteiger partial charge in [-0.25, -0.2) is 0 Å². The van der Waals surface area contributed by atoms with Gasteiger partial charge < -0.3 is 21.1 Å². The third kappa shape index (κ3) is 4.64. The zero-order valence-electron chi connectivity index (χ0n) is 12.7. The quantitative estimate of drug-likeness (QED) is 0.669. The summed E-state index contributed by atoms with van der Waals surface area (Å²) in [5.74, 6) is 0.739. The van der Waals surface area contributed by atoms with Gasteiger partial charge in [-0.2, -0.15) is 0 Å². The molecule has 1 amide bonds. The average Bonchev–Trinajstić information content (AvgIpc) is 2.41. The summed E-state index contributed by atoms with van der Waals surface area (Å²) in [4.78, 5) is 11.7. The van der Waals surface area contributed by atoms with Crippen molar-refractivity contribution in [3.05, 3.63) is 18.2 Å². The minimum atomic E-state index is -0.496. The second-order valence-electron chi connectivity index (χ2n) is 5.46. The molecule has 0 unspecified atom stereocenters. The lowest BCUT2D eigenvalue weighted by atomic mass is 9.92. The molecular weight excluding hydrogens is 254 g/mol. The summed E-state index contributed by atoms with van der Waals surface area (Å²) < 4.78 is 5.58. The molecule has 0 aromatic heterocycles. The van der Waals surface area contributed by atoms with Crippen LogP contribution in [0.1, 0.15) is 27.2 Å². The van der Waals surface area contributed by atoms with Gasteiger partial charge in [-0.05, 0) is 26.3 Å². The summed E-state index contributed by atoms with van der Waals surface area (Å²) in [5, 5.41) is 5.90. The standard InChI is InChI=1S/C15H25N3O2/c1-5-6-20-13-8-11(16)7-12(9-13)18-10-15(2,3)14(19)17-4/h7-9,18H,5-6,10,16H2,1-4H3,(H,17,19). The van der Waals surface area contributed by atoms with E-state index in [-0.39, 0.29) is 5.91 Å². The Morgan fingerprint density at radius 1 is 1.35 bits per heavy atom. The molecule has 0 aliphatic carbocycles. The van der Waals surface area contributed by atoms with E-state index in [0.29, 0.717) is 18.8 Å². The molecule has 5 heteroatoms. The molecule has 0 heterocycles. The van der Waals surface area contributed by atoms with Gasteiger partial charge in [0.2, 0.25) is 5.91 Å². The molecule has 1 rings (SSSR count). The monoisotopic (exact) mass is 279 g/mol. The Kier molecular flexibility index (Phi) is 5.67. The van der Waals surface area contributed by atoms with E-state index in [1.165, 1.54) is 0 Å². The van der Waals surface area contributed by atoms with Crippen molar-refractivity contribution in [1.29, 1.82) is 0 Å². The molecule has 5 nitrogen and oxygen atoms in total. The molecule has 0 aliphatic heterocycles. The topological polar surface area (TPSA) is 76.4 Å². The first kappa shape index (κ1) is 16.1. The first-order valence-electron chi connectivity index (χ1n) is 6.88. The van der Waals surface area contributed by atoms with Gasteiger partial charge in [0, 0.05) is 37.1 Å². The van der Waals surface area contributed by atoms with Crippen LogP contribution in [0.3, 0.4) is 0 Å². The molecule has 0 atom stereocenters. The number of ether oxygens (including phenoxy) is 1. The number of nitrogens with two attached hydrogens (primary N) is 1. The van der Waals surface area contributed by atoms with Gasteiger partial charge in [-0.3, -0.25) is 4.79 Å². The third-order valence-corrected chi connectivity index (χ3v) is 2.98. The van der Waals surface area contributed by atoms with E-state index in [4.69, 9.17) is 10.5 Å². The van der Waals surface area contributed by atoms with Crippen LogP contribution in [0.5, 0.6) is 5.75 Å². The van der Waals surface area contributed by atoms with Crippen LogP contribution in [0.2, 0.25) is 0 Å². The van der Waals surface area contributed by atoms with Crippen LogP contribution in [0, 0.1) is 5.41 Å². The SMILES string of the molecule is CCCOc1cc(N)cc(NCC(C)(C)C(=O)NC)c1. The molecule has 1 aromatic rings. The Labute approximate surface area is 120 Å². The first-order chi connectivity index (χ1) is 9.39. The summed E-state index contributed by atoms with van der Waals surface area (Å²) in [6, 6.07) is 5.52. The highest BCUT2D eigenvalue weighted by Gasteiger charge is 2.26. The molecule has 0 radical (unpaired) electrons. The van der Waals surface area contributed by atoms with Crippen LogP contribution >= 0.6 is 0 Å². The van der Waals surface area contributed by atoms with Gasteiger partial charge in [-0.15, -0.1) is 0 Å². The average molecular weight is 279 g/mol. The van der Waals surface area contributed by atoms with Crippen molar-refractivity contribution < 1.29 is 9.53 Å². The first-order valence-corrected chi connectivity index (χ1v) is 6.88. The van der Waals surface area contributed by atoms with Crippen molar-refractivity contribution in [2.45, 2.75) is 27.2 Å². The van der Waals surface area contributed by atoms with Crippen molar-refractivity contribution in [2.75, 3.05) is 31.2 Å². The number of benzene rings is 1. The Morgan fingerprint density at radius 2 is 2.05 bits per heavy atom. The molecule has 4 N–H and O–H groups in total. The summed E-state index contributed by atoms with van der Waals surface area (Å²) in [6.45, 7) is 7.01. The smallest absolute Gasteiger partial charge is 0.227 e. The predicted molar refractivity (Wildman–Crippen MR) is 83.0 cm³/mol. The van der Waals surface area contributed by atoms with E-state index in [9.17, 15) is 4.79 Å². The zero-order chi connectivity index (χ0) is 15.2. The van der Waals surface area contributed by atoms with Gasteiger partial charge in [0.15, 0.2) is 0 Å². The van der Waals surface area contributed by atoms with Gasteiger partial charge in [-0.1, -0.05) is 6.92 Å². The number of nitrogen functional groups attached to an aromatic ring is 1. The number of hydrogen-bond donors (Lipinski definition) is 3. The maximum absolute atomic E-state index is 11.7. The van der Waals surface area contributed by atoms with Gasteiger partial charge in [0.05, 0.1) is 12.0 Å². The van der Waals surface area contributed by atoms with Crippen molar-refractivity contribution in [1.82, 2.24) is 5.32 Å². The van der Waals surface area contributed by atoms with Crippen molar-refractivity contribution in [2.24, 2.45) is 5.41 Å². The highest BCUT2D eigenvalue weighted by atomic mass is 16.5. The van der Waals surface area contributed by atoms with Crippen LogP contribution < -0.4 is 21.1 Å². The molecule has 0 saturated carbocycles. The minimum Gasteiger partial charge on any atom is -0.493 e. The maximum atomic E-state index is 11.7.